The molecule has 0 atom stereocenters. The number of carbonyl (C=O) groups excluding carboxylic acids is 1. The molecule has 0 fully saturated rings. The molecule has 0 unspecified atom stereocenters. The molecule has 2 aromatic rings. The van der Waals surface area contributed by atoms with E-state index in [9.17, 15) is 14.9 Å². The van der Waals surface area contributed by atoms with Gasteiger partial charge in [-0.15, -0.1) is 0 Å². The minimum absolute atomic E-state index is 0.0653. The summed E-state index contributed by atoms with van der Waals surface area (Å²) >= 11 is 0. The van der Waals surface area contributed by atoms with E-state index in [0.29, 0.717) is 22.6 Å². The van der Waals surface area contributed by atoms with E-state index in [1.807, 2.05) is 0 Å². The molecule has 0 amide bonds. The zero-order valence-corrected chi connectivity index (χ0v) is 10.1. The van der Waals surface area contributed by atoms with Gasteiger partial charge in [0.15, 0.2) is 0 Å². The summed E-state index contributed by atoms with van der Waals surface area (Å²) in [6.45, 7) is 0. The first kappa shape index (κ1) is 12.0. The van der Waals surface area contributed by atoms with Gasteiger partial charge in [0.2, 0.25) is 0 Å². The number of nitro groups is 1. The normalized spacial score (nSPS) is 15.0. The van der Waals surface area contributed by atoms with Crippen LogP contribution in [0.4, 0.5) is 5.69 Å². The molecule has 1 aliphatic rings. The number of pyridine rings is 1. The summed E-state index contributed by atoms with van der Waals surface area (Å²) in [5.74, 6) is -0.0871. The van der Waals surface area contributed by atoms with Crippen molar-refractivity contribution in [2.45, 2.75) is 0 Å². The number of hydrogen-bond acceptors (Lipinski definition) is 5. The summed E-state index contributed by atoms with van der Waals surface area (Å²) in [7, 11) is 0. The summed E-state index contributed by atoms with van der Waals surface area (Å²) in [5, 5.41) is 10.7. The van der Waals surface area contributed by atoms with Crippen molar-refractivity contribution in [3.05, 3.63) is 69.5 Å². The van der Waals surface area contributed by atoms with Crippen molar-refractivity contribution < 1.29 is 14.5 Å². The Morgan fingerprint density at radius 1 is 1.20 bits per heavy atom. The number of esters is 1. The van der Waals surface area contributed by atoms with Crippen LogP contribution in [-0.4, -0.2) is 15.9 Å². The minimum Gasteiger partial charge on any atom is -0.422 e. The van der Waals surface area contributed by atoms with E-state index in [1.165, 1.54) is 24.4 Å². The molecule has 2 heterocycles. The predicted octanol–water partition coefficient (Wildman–Crippen LogP) is 2.66. The molecule has 0 saturated heterocycles. The molecule has 0 bridgehead atoms. The molecule has 0 aliphatic carbocycles. The Morgan fingerprint density at radius 2 is 1.95 bits per heavy atom. The molecular weight excluding hydrogens is 260 g/mol. The highest BCUT2D eigenvalue weighted by atomic mass is 16.6. The predicted molar refractivity (Wildman–Crippen MR) is 70.6 cm³/mol. The third-order valence-corrected chi connectivity index (χ3v) is 2.87. The van der Waals surface area contributed by atoms with E-state index in [0.717, 1.165) is 0 Å². The van der Waals surface area contributed by atoms with Crippen LogP contribution >= 0.6 is 0 Å². The Kier molecular flexibility index (Phi) is 2.76. The molecule has 6 nitrogen and oxygen atoms in total. The molecule has 0 radical (unpaired) electrons. The van der Waals surface area contributed by atoms with Crippen LogP contribution in [0, 0.1) is 10.1 Å². The van der Waals surface area contributed by atoms with Crippen LogP contribution in [0.5, 0.6) is 0 Å². The number of nitrogens with zero attached hydrogens (tertiary/aromatic N) is 2. The van der Waals surface area contributed by atoms with Crippen LogP contribution in [-0.2, 0) is 4.74 Å². The van der Waals surface area contributed by atoms with Crippen molar-refractivity contribution in [2.24, 2.45) is 0 Å². The summed E-state index contributed by atoms with van der Waals surface area (Å²) in [6, 6.07) is 9.57. The molecule has 0 spiro atoms. The van der Waals surface area contributed by atoms with Gasteiger partial charge in [0.05, 0.1) is 16.2 Å². The zero-order chi connectivity index (χ0) is 14.1. The van der Waals surface area contributed by atoms with E-state index >= 15 is 0 Å². The minimum atomic E-state index is -0.502. The van der Waals surface area contributed by atoms with Gasteiger partial charge in [-0.05, 0) is 6.07 Å². The molecule has 1 aromatic carbocycles. The number of ether oxygens (including phenoxy) is 1. The van der Waals surface area contributed by atoms with Gasteiger partial charge in [0, 0.05) is 30.0 Å². The first-order valence-corrected chi connectivity index (χ1v) is 5.79. The van der Waals surface area contributed by atoms with Gasteiger partial charge < -0.3 is 4.74 Å². The van der Waals surface area contributed by atoms with Gasteiger partial charge >= 0.3 is 5.97 Å². The summed E-state index contributed by atoms with van der Waals surface area (Å²) in [4.78, 5) is 25.9. The summed E-state index contributed by atoms with van der Waals surface area (Å²) in [5.41, 5.74) is 1.43. The second-order valence-corrected chi connectivity index (χ2v) is 4.14. The van der Waals surface area contributed by atoms with Gasteiger partial charge in [-0.2, -0.15) is 0 Å². The number of rotatable bonds is 2. The van der Waals surface area contributed by atoms with E-state index in [1.54, 1.807) is 24.3 Å². The molecule has 98 valence electrons. The van der Waals surface area contributed by atoms with Gasteiger partial charge in [0.25, 0.3) is 5.69 Å². The number of fused-ring (bicyclic) bond motifs is 1. The smallest absolute Gasteiger partial charge is 0.344 e. The van der Waals surface area contributed by atoms with Crippen LogP contribution in [0.15, 0.2) is 42.6 Å². The molecule has 1 aromatic heterocycles. The second-order valence-electron chi connectivity index (χ2n) is 4.14. The Balaban J connectivity index is 2.04. The molecule has 3 rings (SSSR count). The lowest BCUT2D eigenvalue weighted by Crippen LogP contribution is -1.92. The van der Waals surface area contributed by atoms with Crippen LogP contribution in [0.2, 0.25) is 0 Å². The second kappa shape index (κ2) is 4.58. The lowest BCUT2D eigenvalue weighted by Gasteiger charge is -1.98. The number of hydrogen-bond donors (Lipinski definition) is 0. The van der Waals surface area contributed by atoms with Crippen molar-refractivity contribution in [1.82, 2.24) is 4.98 Å². The number of benzene rings is 1. The third kappa shape index (κ3) is 2.03. The Labute approximate surface area is 113 Å². The first-order chi connectivity index (χ1) is 9.65. The van der Waals surface area contributed by atoms with Crippen LogP contribution < -0.4 is 0 Å². The van der Waals surface area contributed by atoms with Crippen molar-refractivity contribution in [1.29, 1.82) is 0 Å². The van der Waals surface area contributed by atoms with Crippen molar-refractivity contribution in [3.63, 3.8) is 0 Å². The molecule has 0 saturated carbocycles. The fourth-order valence-corrected chi connectivity index (χ4v) is 1.96. The number of carbonyl (C=O) groups is 1. The molecular formula is C14H8N2O4. The summed E-state index contributed by atoms with van der Waals surface area (Å²) in [6.07, 6.45) is 2.85. The zero-order valence-electron chi connectivity index (χ0n) is 10.1. The Bertz CT molecular complexity index is 752. The van der Waals surface area contributed by atoms with E-state index in [2.05, 4.69) is 4.98 Å². The highest BCUT2D eigenvalue weighted by molar-refractivity contribution is 6.05. The van der Waals surface area contributed by atoms with Crippen LogP contribution in [0.25, 0.3) is 11.8 Å². The van der Waals surface area contributed by atoms with Crippen molar-refractivity contribution >= 4 is 23.5 Å². The molecule has 6 heteroatoms. The fourth-order valence-electron chi connectivity index (χ4n) is 1.96. The van der Waals surface area contributed by atoms with Crippen LogP contribution in [0.3, 0.4) is 0 Å². The van der Waals surface area contributed by atoms with Crippen molar-refractivity contribution in [2.75, 3.05) is 0 Å². The maximum atomic E-state index is 11.6. The highest BCUT2D eigenvalue weighted by Crippen LogP contribution is 2.30. The lowest BCUT2D eigenvalue weighted by atomic mass is 10.1. The largest absolute Gasteiger partial charge is 0.422 e. The monoisotopic (exact) mass is 268 g/mol. The van der Waals surface area contributed by atoms with E-state index < -0.39 is 10.9 Å². The standard InChI is InChI=1S/C14H8N2O4/c17-14-12-4-2-1-3-11(12)13(20-14)8-9-7-10(16(18)19)5-6-15-9/h1-8H. The van der Waals surface area contributed by atoms with Crippen LogP contribution in [0.1, 0.15) is 21.6 Å². The topological polar surface area (TPSA) is 82.3 Å². The summed E-state index contributed by atoms with van der Waals surface area (Å²) < 4.78 is 5.15. The van der Waals surface area contributed by atoms with Gasteiger partial charge in [-0.3, -0.25) is 15.1 Å². The third-order valence-electron chi connectivity index (χ3n) is 2.87. The van der Waals surface area contributed by atoms with E-state index in [-0.39, 0.29) is 5.69 Å². The van der Waals surface area contributed by atoms with Gasteiger partial charge in [-0.25, -0.2) is 4.79 Å². The quantitative estimate of drug-likeness (QED) is 0.475. The molecule has 1 aliphatic heterocycles. The van der Waals surface area contributed by atoms with Gasteiger partial charge in [-0.1, -0.05) is 18.2 Å². The maximum Gasteiger partial charge on any atom is 0.344 e. The first-order valence-electron chi connectivity index (χ1n) is 5.79. The average molecular weight is 268 g/mol. The molecule has 0 N–H and O–H groups in total. The van der Waals surface area contributed by atoms with Crippen molar-refractivity contribution in [3.8, 4) is 0 Å². The SMILES string of the molecule is O=C1OC(=Cc2cc([N+](=O)[O-])ccn2)c2ccccc21. The highest BCUT2D eigenvalue weighted by Gasteiger charge is 2.25. The number of aromatic nitrogens is 1. The fraction of sp³-hybridized carbons (Fsp3) is 0. The Hall–Kier alpha value is -3.02. The average Bonchev–Trinajstić information content (AvgIpc) is 2.76. The van der Waals surface area contributed by atoms with E-state index in [4.69, 9.17) is 4.74 Å². The van der Waals surface area contributed by atoms with Gasteiger partial charge in [0.1, 0.15) is 5.76 Å². The molecule has 20 heavy (non-hydrogen) atoms. The lowest BCUT2D eigenvalue weighted by molar-refractivity contribution is -0.384. The Morgan fingerprint density at radius 3 is 2.70 bits per heavy atom. The maximum absolute atomic E-state index is 11.6. The number of cyclic esters (lactones) is 1.